The van der Waals surface area contributed by atoms with Gasteiger partial charge >= 0.3 is 5.97 Å². The van der Waals surface area contributed by atoms with Crippen LogP contribution in [0.15, 0.2) is 42.5 Å². The fourth-order valence-corrected chi connectivity index (χ4v) is 2.37. The Bertz CT molecular complexity index is 773. The topological polar surface area (TPSA) is 44.8 Å². The molecule has 0 saturated heterocycles. The van der Waals surface area contributed by atoms with Crippen molar-refractivity contribution in [3.63, 3.8) is 0 Å². The number of hydrogen-bond acceptors (Lipinski definition) is 4. The summed E-state index contributed by atoms with van der Waals surface area (Å²) in [6.45, 7) is 0.164. The van der Waals surface area contributed by atoms with Crippen molar-refractivity contribution in [2.45, 2.75) is 6.61 Å². The van der Waals surface area contributed by atoms with E-state index in [0.717, 1.165) is 0 Å². The molecular weight excluding hydrogens is 323 g/mol. The predicted octanol–water partition coefficient (Wildman–Crippen LogP) is 3.96. The number of fused-ring (bicyclic) bond motifs is 1. The lowest BCUT2D eigenvalue weighted by atomic mass is 10.2. The molecule has 0 bridgehead atoms. The third kappa shape index (κ3) is 3.81. The van der Waals surface area contributed by atoms with E-state index >= 15 is 0 Å². The molecule has 1 aliphatic heterocycles. The zero-order valence-corrected chi connectivity index (χ0v) is 12.7. The van der Waals surface area contributed by atoms with Crippen LogP contribution in [-0.2, 0) is 16.1 Å². The van der Waals surface area contributed by atoms with E-state index in [1.807, 2.05) is 0 Å². The minimum Gasteiger partial charge on any atom is -0.458 e. The molecule has 0 radical (unpaired) electrons. The highest BCUT2D eigenvalue weighted by atomic mass is 35.5. The summed E-state index contributed by atoms with van der Waals surface area (Å²) < 4.78 is 28.6. The van der Waals surface area contributed by atoms with Crippen molar-refractivity contribution in [1.29, 1.82) is 0 Å². The zero-order valence-electron chi connectivity index (χ0n) is 11.9. The summed E-state index contributed by atoms with van der Waals surface area (Å²) in [5, 5.41) is 0.404. The summed E-state index contributed by atoms with van der Waals surface area (Å²) >= 11 is 6.05. The molecule has 1 heterocycles. The summed E-state index contributed by atoms with van der Waals surface area (Å²) in [5.41, 5.74) is 1.26. The van der Waals surface area contributed by atoms with Crippen LogP contribution in [0.3, 0.4) is 0 Å². The van der Waals surface area contributed by atoms with Crippen LogP contribution in [0.1, 0.15) is 11.1 Å². The van der Waals surface area contributed by atoms with Crippen molar-refractivity contribution < 1.29 is 23.4 Å². The van der Waals surface area contributed by atoms with Crippen molar-refractivity contribution in [2.24, 2.45) is 0 Å². The van der Waals surface area contributed by atoms with Gasteiger partial charge in [0, 0.05) is 6.08 Å². The third-order valence-corrected chi connectivity index (χ3v) is 3.41. The lowest BCUT2D eigenvalue weighted by molar-refractivity contribution is -0.138. The maximum absolute atomic E-state index is 13.0. The van der Waals surface area contributed by atoms with Gasteiger partial charge < -0.3 is 14.2 Å². The van der Waals surface area contributed by atoms with Crippen LogP contribution in [0.2, 0.25) is 5.02 Å². The molecule has 0 atom stereocenters. The van der Waals surface area contributed by atoms with E-state index in [0.29, 0.717) is 27.6 Å². The Balaban J connectivity index is 1.60. The molecule has 0 fully saturated rings. The summed E-state index contributed by atoms with van der Waals surface area (Å²) in [7, 11) is 0. The quantitative estimate of drug-likeness (QED) is 0.627. The molecule has 6 heteroatoms. The van der Waals surface area contributed by atoms with E-state index in [1.165, 1.54) is 24.3 Å². The largest absolute Gasteiger partial charge is 0.458 e. The van der Waals surface area contributed by atoms with Gasteiger partial charge in [-0.15, -0.1) is 0 Å². The van der Waals surface area contributed by atoms with E-state index in [9.17, 15) is 9.18 Å². The molecule has 2 aromatic rings. The summed E-state index contributed by atoms with van der Waals surface area (Å²) in [4.78, 5) is 11.7. The van der Waals surface area contributed by atoms with Gasteiger partial charge in [-0.1, -0.05) is 23.7 Å². The second-order valence-electron chi connectivity index (χ2n) is 4.81. The number of carbonyl (C=O) groups excluding carboxylic acids is 1. The van der Waals surface area contributed by atoms with Gasteiger partial charge in [0.25, 0.3) is 0 Å². The molecule has 0 aliphatic carbocycles. The van der Waals surface area contributed by atoms with Crippen LogP contribution < -0.4 is 9.47 Å². The molecule has 23 heavy (non-hydrogen) atoms. The second-order valence-corrected chi connectivity index (χ2v) is 5.21. The SMILES string of the molecule is O=C(/C=C/c1cccc(F)c1)OCc1cc(Cl)c2c(c1)OCO2. The number of halogens is 2. The number of benzene rings is 2. The fraction of sp³-hybridized carbons (Fsp3) is 0.118. The molecule has 118 valence electrons. The lowest BCUT2D eigenvalue weighted by Gasteiger charge is -2.05. The van der Waals surface area contributed by atoms with Gasteiger partial charge in [0.15, 0.2) is 11.5 Å². The van der Waals surface area contributed by atoms with Crippen molar-refractivity contribution in [3.8, 4) is 11.5 Å². The van der Waals surface area contributed by atoms with E-state index in [2.05, 4.69) is 0 Å². The summed E-state index contributed by atoms with van der Waals surface area (Å²) in [6.07, 6.45) is 2.72. The molecule has 0 aromatic heterocycles. The van der Waals surface area contributed by atoms with Crippen LogP contribution in [0.25, 0.3) is 6.08 Å². The van der Waals surface area contributed by atoms with Gasteiger partial charge in [0.05, 0.1) is 5.02 Å². The first kappa shape index (κ1) is 15.4. The first-order chi connectivity index (χ1) is 11.1. The molecule has 0 unspecified atom stereocenters. The molecular formula is C17H12ClFO4. The Hall–Kier alpha value is -2.53. The maximum Gasteiger partial charge on any atom is 0.331 e. The van der Waals surface area contributed by atoms with Crippen molar-refractivity contribution >= 4 is 23.6 Å². The van der Waals surface area contributed by atoms with Gasteiger partial charge in [-0.3, -0.25) is 0 Å². The minimum atomic E-state index is -0.539. The number of esters is 1. The Morgan fingerprint density at radius 2 is 2.17 bits per heavy atom. The van der Waals surface area contributed by atoms with Gasteiger partial charge in [-0.25, -0.2) is 9.18 Å². The molecule has 2 aromatic carbocycles. The average molecular weight is 335 g/mol. The van der Waals surface area contributed by atoms with Gasteiger partial charge in [-0.05, 0) is 41.5 Å². The van der Waals surface area contributed by atoms with Gasteiger partial charge in [-0.2, -0.15) is 0 Å². The highest BCUT2D eigenvalue weighted by molar-refractivity contribution is 6.32. The standard InChI is InChI=1S/C17H12ClFO4/c18-14-7-12(8-15-17(14)23-10-22-15)9-21-16(20)5-4-11-2-1-3-13(19)6-11/h1-8H,9-10H2/b5-4+. The number of carbonyl (C=O) groups is 1. The monoisotopic (exact) mass is 334 g/mol. The Labute approximate surface area is 137 Å². The molecule has 4 nitrogen and oxygen atoms in total. The predicted molar refractivity (Wildman–Crippen MR) is 82.8 cm³/mol. The first-order valence-corrected chi connectivity index (χ1v) is 7.18. The molecule has 0 amide bonds. The van der Waals surface area contributed by atoms with E-state index < -0.39 is 5.97 Å². The first-order valence-electron chi connectivity index (χ1n) is 6.80. The number of ether oxygens (including phenoxy) is 3. The van der Waals surface area contributed by atoms with Crippen molar-refractivity contribution in [2.75, 3.05) is 6.79 Å². The van der Waals surface area contributed by atoms with Crippen LogP contribution >= 0.6 is 11.6 Å². The lowest BCUT2D eigenvalue weighted by Crippen LogP contribution is -2.00. The fourth-order valence-electron chi connectivity index (χ4n) is 2.08. The number of hydrogen-bond donors (Lipinski definition) is 0. The van der Waals surface area contributed by atoms with Crippen LogP contribution in [0.4, 0.5) is 4.39 Å². The Morgan fingerprint density at radius 3 is 3.00 bits per heavy atom. The highest BCUT2D eigenvalue weighted by Crippen LogP contribution is 2.39. The smallest absolute Gasteiger partial charge is 0.331 e. The number of rotatable bonds is 4. The zero-order chi connectivity index (χ0) is 16.2. The Morgan fingerprint density at radius 1 is 1.30 bits per heavy atom. The molecule has 0 saturated carbocycles. The van der Waals surface area contributed by atoms with Crippen molar-refractivity contribution in [3.05, 3.63) is 64.4 Å². The molecule has 0 spiro atoms. The van der Waals surface area contributed by atoms with Gasteiger partial charge in [0.1, 0.15) is 12.4 Å². The van der Waals surface area contributed by atoms with Crippen molar-refractivity contribution in [1.82, 2.24) is 0 Å². The van der Waals surface area contributed by atoms with E-state index in [-0.39, 0.29) is 19.2 Å². The highest BCUT2D eigenvalue weighted by Gasteiger charge is 2.18. The molecule has 0 N–H and O–H groups in total. The van der Waals surface area contributed by atoms with E-state index in [1.54, 1.807) is 24.3 Å². The van der Waals surface area contributed by atoms with E-state index in [4.69, 9.17) is 25.8 Å². The minimum absolute atomic E-state index is 0.0443. The summed E-state index contributed by atoms with van der Waals surface area (Å²) in [5.74, 6) is 0.116. The summed E-state index contributed by atoms with van der Waals surface area (Å²) in [6, 6.07) is 9.26. The molecule has 1 aliphatic rings. The van der Waals surface area contributed by atoms with Gasteiger partial charge in [0.2, 0.25) is 6.79 Å². The molecule has 3 rings (SSSR count). The third-order valence-electron chi connectivity index (χ3n) is 3.13. The second kappa shape index (κ2) is 6.71. The van der Waals surface area contributed by atoms with Crippen LogP contribution in [-0.4, -0.2) is 12.8 Å². The Kier molecular flexibility index (Phi) is 4.48. The average Bonchev–Trinajstić information content (AvgIpc) is 3.00. The maximum atomic E-state index is 13.0. The van der Waals surface area contributed by atoms with Crippen LogP contribution in [0, 0.1) is 5.82 Å². The van der Waals surface area contributed by atoms with Crippen LogP contribution in [0.5, 0.6) is 11.5 Å². The normalized spacial score (nSPS) is 12.6.